The topological polar surface area (TPSA) is 78.9 Å². The fourth-order valence-electron chi connectivity index (χ4n) is 3.05. The van der Waals surface area contributed by atoms with Crippen molar-refractivity contribution in [2.75, 3.05) is 26.7 Å². The third kappa shape index (κ3) is 9.38. The fourth-order valence-corrected chi connectivity index (χ4v) is 3.86. The lowest BCUT2D eigenvalue weighted by molar-refractivity contribution is -0.140. The van der Waals surface area contributed by atoms with Gasteiger partial charge in [0.05, 0.1) is 11.0 Å². The second kappa shape index (κ2) is 12.1. The largest absolute Gasteiger partial charge is 0.444 e. The van der Waals surface area contributed by atoms with Crippen LogP contribution in [0.5, 0.6) is 0 Å². The van der Waals surface area contributed by atoms with Crippen LogP contribution >= 0.6 is 35.3 Å². The molecule has 2 heterocycles. The van der Waals surface area contributed by atoms with E-state index in [0.29, 0.717) is 37.0 Å². The van der Waals surface area contributed by atoms with E-state index in [1.54, 1.807) is 11.9 Å². The Kier molecular flexibility index (Phi) is 10.8. The van der Waals surface area contributed by atoms with Gasteiger partial charge in [0.25, 0.3) is 0 Å². The summed E-state index contributed by atoms with van der Waals surface area (Å²) in [5.74, 6) is 0.525. The molecule has 0 bridgehead atoms. The van der Waals surface area contributed by atoms with E-state index in [4.69, 9.17) is 4.74 Å². The SMILES string of the molecule is CN=C(NCCc1nc(C(F)(F)F)cs1)NCC1CCCCN1C(=O)OC(C)(C)C.I. The minimum Gasteiger partial charge on any atom is -0.444 e. The summed E-state index contributed by atoms with van der Waals surface area (Å²) in [5.41, 5.74) is -1.41. The monoisotopic (exact) mass is 577 g/mol. The molecule has 0 aromatic carbocycles. The molecule has 2 rings (SSSR count). The number of likely N-dealkylation sites (tertiary alicyclic amines) is 1. The van der Waals surface area contributed by atoms with Gasteiger partial charge in [-0.05, 0) is 40.0 Å². The van der Waals surface area contributed by atoms with Crippen molar-refractivity contribution in [3.05, 3.63) is 16.1 Å². The molecule has 1 amide bonds. The highest BCUT2D eigenvalue weighted by Crippen LogP contribution is 2.30. The fraction of sp³-hybridized carbons (Fsp3) is 0.737. The summed E-state index contributed by atoms with van der Waals surface area (Å²) >= 11 is 0.990. The van der Waals surface area contributed by atoms with Gasteiger partial charge in [-0.15, -0.1) is 35.3 Å². The summed E-state index contributed by atoms with van der Waals surface area (Å²) < 4.78 is 43.4. The van der Waals surface area contributed by atoms with E-state index in [-0.39, 0.29) is 36.1 Å². The number of alkyl halides is 3. The number of aromatic nitrogens is 1. The number of carbonyl (C=O) groups excluding carboxylic acids is 1. The van der Waals surface area contributed by atoms with Crippen LogP contribution in [0.1, 0.15) is 50.7 Å². The molecule has 2 N–H and O–H groups in total. The molecule has 7 nitrogen and oxygen atoms in total. The summed E-state index contributed by atoms with van der Waals surface area (Å²) in [6.45, 7) is 7.08. The van der Waals surface area contributed by atoms with Gasteiger partial charge < -0.3 is 20.3 Å². The van der Waals surface area contributed by atoms with Gasteiger partial charge in [0, 0.05) is 38.5 Å². The Bertz CT molecular complexity index is 737. The molecule has 1 unspecified atom stereocenters. The predicted octanol–water partition coefficient (Wildman–Crippen LogP) is 4.28. The van der Waals surface area contributed by atoms with Crippen LogP contribution in [0.15, 0.2) is 10.4 Å². The predicted molar refractivity (Wildman–Crippen MR) is 126 cm³/mol. The molecule has 0 spiro atoms. The third-order valence-corrected chi connectivity index (χ3v) is 5.37. The molecule has 0 aliphatic carbocycles. The number of ether oxygens (including phenoxy) is 1. The first-order valence-electron chi connectivity index (χ1n) is 9.95. The van der Waals surface area contributed by atoms with Crippen molar-refractivity contribution >= 4 is 47.4 Å². The lowest BCUT2D eigenvalue weighted by Gasteiger charge is -2.37. The van der Waals surface area contributed by atoms with Crippen molar-refractivity contribution in [2.45, 2.75) is 64.3 Å². The highest BCUT2D eigenvalue weighted by molar-refractivity contribution is 14.0. The standard InChI is InChI=1S/C19H30F3N5O2S.HI/c1-18(2,3)29-17(28)27-10-6-5-7-13(27)11-25-16(23-4)24-9-8-15-26-14(12-30-15)19(20,21)22;/h12-13H,5-11H2,1-4H3,(H2,23,24,25);1H. The zero-order valence-electron chi connectivity index (χ0n) is 18.2. The number of nitrogens with one attached hydrogen (secondary N) is 2. The van der Waals surface area contributed by atoms with E-state index < -0.39 is 17.5 Å². The Morgan fingerprint density at radius 1 is 1.32 bits per heavy atom. The van der Waals surface area contributed by atoms with Crippen molar-refractivity contribution in [1.82, 2.24) is 20.5 Å². The molecule has 0 radical (unpaired) electrons. The first-order valence-corrected chi connectivity index (χ1v) is 10.8. The summed E-state index contributed by atoms with van der Waals surface area (Å²) in [6.07, 6.45) is -1.54. The Balaban J connectivity index is 0.00000480. The van der Waals surface area contributed by atoms with Crippen molar-refractivity contribution in [1.29, 1.82) is 0 Å². The zero-order valence-corrected chi connectivity index (χ0v) is 21.4. The number of carbonyl (C=O) groups is 1. The van der Waals surface area contributed by atoms with E-state index in [2.05, 4.69) is 20.6 Å². The number of amides is 1. The Labute approximate surface area is 202 Å². The minimum absolute atomic E-state index is 0. The van der Waals surface area contributed by atoms with Gasteiger partial charge in [-0.3, -0.25) is 4.99 Å². The van der Waals surface area contributed by atoms with Crippen LogP contribution in [0.2, 0.25) is 0 Å². The van der Waals surface area contributed by atoms with Crippen LogP contribution in [-0.2, 0) is 17.3 Å². The molecule has 1 aliphatic rings. The van der Waals surface area contributed by atoms with Crippen molar-refractivity contribution in [2.24, 2.45) is 4.99 Å². The quantitative estimate of drug-likeness (QED) is 0.311. The number of hydrogen-bond acceptors (Lipinski definition) is 5. The van der Waals surface area contributed by atoms with Gasteiger partial charge in [-0.25, -0.2) is 9.78 Å². The molecule has 12 heteroatoms. The maximum Gasteiger partial charge on any atom is 0.434 e. The number of halogens is 4. The first kappa shape index (κ1) is 27.7. The third-order valence-electron chi connectivity index (χ3n) is 4.46. The molecule has 1 aromatic heterocycles. The van der Waals surface area contributed by atoms with Gasteiger partial charge in [0.2, 0.25) is 0 Å². The maximum atomic E-state index is 12.6. The molecular formula is C19H31F3IN5O2S. The van der Waals surface area contributed by atoms with E-state index in [1.165, 1.54) is 0 Å². The second-order valence-electron chi connectivity index (χ2n) is 8.08. The lowest BCUT2D eigenvalue weighted by atomic mass is 10.0. The smallest absolute Gasteiger partial charge is 0.434 e. The molecule has 31 heavy (non-hydrogen) atoms. The Morgan fingerprint density at radius 3 is 2.61 bits per heavy atom. The normalized spacial score (nSPS) is 17.7. The molecule has 1 saturated heterocycles. The molecule has 1 aliphatic heterocycles. The van der Waals surface area contributed by atoms with Gasteiger partial charge in [0.1, 0.15) is 5.60 Å². The van der Waals surface area contributed by atoms with Crippen LogP contribution in [0.25, 0.3) is 0 Å². The average Bonchev–Trinajstić information content (AvgIpc) is 3.12. The highest BCUT2D eigenvalue weighted by atomic mass is 127. The lowest BCUT2D eigenvalue weighted by Crippen LogP contribution is -2.52. The highest BCUT2D eigenvalue weighted by Gasteiger charge is 2.33. The number of nitrogens with zero attached hydrogens (tertiary/aromatic N) is 3. The number of hydrogen-bond donors (Lipinski definition) is 2. The van der Waals surface area contributed by atoms with Gasteiger partial charge in [-0.1, -0.05) is 0 Å². The number of aliphatic imine (C=N–C) groups is 1. The van der Waals surface area contributed by atoms with Crippen LogP contribution in [0.4, 0.5) is 18.0 Å². The maximum absolute atomic E-state index is 12.6. The number of rotatable bonds is 5. The Hall–Kier alpha value is -1.31. The van der Waals surface area contributed by atoms with E-state index in [0.717, 1.165) is 36.0 Å². The molecular weight excluding hydrogens is 546 g/mol. The molecule has 178 valence electrons. The summed E-state index contributed by atoms with van der Waals surface area (Å²) in [7, 11) is 1.62. The number of thiazole rings is 1. The summed E-state index contributed by atoms with van der Waals surface area (Å²) in [4.78, 5) is 22.0. The van der Waals surface area contributed by atoms with Gasteiger partial charge in [-0.2, -0.15) is 13.2 Å². The van der Waals surface area contributed by atoms with Crippen molar-refractivity contribution in [3.8, 4) is 0 Å². The van der Waals surface area contributed by atoms with Crippen molar-refractivity contribution in [3.63, 3.8) is 0 Å². The number of guanidine groups is 1. The average molecular weight is 577 g/mol. The molecule has 0 saturated carbocycles. The second-order valence-corrected chi connectivity index (χ2v) is 9.02. The van der Waals surface area contributed by atoms with Crippen molar-refractivity contribution < 1.29 is 22.7 Å². The van der Waals surface area contributed by atoms with E-state index in [1.807, 2.05) is 20.8 Å². The number of piperidine rings is 1. The van der Waals surface area contributed by atoms with Crippen LogP contribution in [0.3, 0.4) is 0 Å². The molecule has 1 aromatic rings. The zero-order chi connectivity index (χ0) is 22.4. The van der Waals surface area contributed by atoms with E-state index >= 15 is 0 Å². The summed E-state index contributed by atoms with van der Waals surface area (Å²) in [6, 6.07) is -0.0135. The minimum atomic E-state index is -4.42. The van der Waals surface area contributed by atoms with Crippen LogP contribution in [-0.4, -0.2) is 60.3 Å². The van der Waals surface area contributed by atoms with Gasteiger partial charge >= 0.3 is 12.3 Å². The first-order chi connectivity index (χ1) is 14.0. The van der Waals surface area contributed by atoms with Crippen LogP contribution < -0.4 is 10.6 Å². The summed E-state index contributed by atoms with van der Waals surface area (Å²) in [5, 5.41) is 7.71. The van der Waals surface area contributed by atoms with Crippen LogP contribution in [0, 0.1) is 0 Å². The Morgan fingerprint density at radius 2 is 2.03 bits per heavy atom. The van der Waals surface area contributed by atoms with Gasteiger partial charge in [0.15, 0.2) is 11.7 Å². The molecule has 1 atom stereocenters. The molecule has 1 fully saturated rings. The van der Waals surface area contributed by atoms with E-state index in [9.17, 15) is 18.0 Å².